The predicted octanol–water partition coefficient (Wildman–Crippen LogP) is 2.40. The first-order valence-corrected chi connectivity index (χ1v) is 8.05. The first-order valence-electron chi connectivity index (χ1n) is 8.05. The molecule has 0 bridgehead atoms. The van der Waals surface area contributed by atoms with Crippen molar-refractivity contribution in [1.82, 2.24) is 9.88 Å². The standard InChI is InChI=1S/C19H21N3O2/c1-14-5-7-15(8-6-14)12-22-13-16(10-18(22)23)19(24)21(2)17-4-3-9-20-11-17/h3-9,11,16H,10,12-13H2,1-2H3. The maximum atomic E-state index is 12.7. The van der Waals surface area contributed by atoms with Crippen LogP contribution < -0.4 is 4.90 Å². The van der Waals surface area contributed by atoms with Crippen LogP contribution >= 0.6 is 0 Å². The fourth-order valence-corrected chi connectivity index (χ4v) is 2.96. The summed E-state index contributed by atoms with van der Waals surface area (Å²) in [4.78, 5) is 32.3. The van der Waals surface area contributed by atoms with Crippen LogP contribution in [0, 0.1) is 12.8 Å². The van der Waals surface area contributed by atoms with Crippen molar-refractivity contribution >= 4 is 17.5 Å². The second kappa shape index (κ2) is 6.83. The van der Waals surface area contributed by atoms with Gasteiger partial charge >= 0.3 is 0 Å². The van der Waals surface area contributed by atoms with Crippen molar-refractivity contribution in [1.29, 1.82) is 0 Å². The summed E-state index contributed by atoms with van der Waals surface area (Å²) in [6, 6.07) is 11.8. The zero-order valence-electron chi connectivity index (χ0n) is 14.0. The molecule has 1 unspecified atom stereocenters. The van der Waals surface area contributed by atoms with E-state index >= 15 is 0 Å². The fraction of sp³-hybridized carbons (Fsp3) is 0.316. The van der Waals surface area contributed by atoms with E-state index in [1.165, 1.54) is 5.56 Å². The number of likely N-dealkylation sites (tertiary alicyclic amines) is 1. The highest BCUT2D eigenvalue weighted by Gasteiger charge is 2.35. The van der Waals surface area contributed by atoms with E-state index < -0.39 is 0 Å². The Morgan fingerprint density at radius 3 is 2.71 bits per heavy atom. The summed E-state index contributed by atoms with van der Waals surface area (Å²) in [5.41, 5.74) is 3.02. The SMILES string of the molecule is Cc1ccc(CN2CC(C(=O)N(C)c3cccnc3)CC2=O)cc1. The number of aromatic nitrogens is 1. The average molecular weight is 323 g/mol. The Hall–Kier alpha value is -2.69. The molecule has 24 heavy (non-hydrogen) atoms. The van der Waals surface area contributed by atoms with E-state index in [2.05, 4.69) is 4.98 Å². The summed E-state index contributed by atoms with van der Waals surface area (Å²) in [6.07, 6.45) is 3.60. The van der Waals surface area contributed by atoms with Gasteiger partial charge in [0.05, 0.1) is 17.8 Å². The summed E-state index contributed by atoms with van der Waals surface area (Å²) < 4.78 is 0. The van der Waals surface area contributed by atoms with Gasteiger partial charge in [0.1, 0.15) is 0 Å². The number of rotatable bonds is 4. The summed E-state index contributed by atoms with van der Waals surface area (Å²) in [6.45, 7) is 3.06. The van der Waals surface area contributed by atoms with Crippen LogP contribution in [0.3, 0.4) is 0 Å². The minimum absolute atomic E-state index is 0.0357. The number of hydrogen-bond donors (Lipinski definition) is 0. The number of aryl methyl sites for hydroxylation is 1. The van der Waals surface area contributed by atoms with Gasteiger partial charge in [0.15, 0.2) is 0 Å². The van der Waals surface area contributed by atoms with Crippen molar-refractivity contribution in [3.8, 4) is 0 Å². The molecule has 1 aliphatic heterocycles. The third-order valence-corrected chi connectivity index (χ3v) is 4.42. The van der Waals surface area contributed by atoms with E-state index in [1.807, 2.05) is 37.3 Å². The highest BCUT2D eigenvalue weighted by atomic mass is 16.2. The Bertz CT molecular complexity index is 728. The average Bonchev–Trinajstić information content (AvgIpc) is 2.97. The number of amides is 2. The zero-order chi connectivity index (χ0) is 17.1. The van der Waals surface area contributed by atoms with Gasteiger partial charge in [0, 0.05) is 32.8 Å². The van der Waals surface area contributed by atoms with Crippen molar-refractivity contribution < 1.29 is 9.59 Å². The van der Waals surface area contributed by atoms with Crippen molar-refractivity contribution in [3.63, 3.8) is 0 Å². The smallest absolute Gasteiger partial charge is 0.232 e. The van der Waals surface area contributed by atoms with Gasteiger partial charge in [0.25, 0.3) is 0 Å². The van der Waals surface area contributed by atoms with E-state index in [0.29, 0.717) is 13.1 Å². The van der Waals surface area contributed by atoms with Crippen LogP contribution in [0.4, 0.5) is 5.69 Å². The summed E-state index contributed by atoms with van der Waals surface area (Å²) in [5, 5.41) is 0. The molecule has 0 saturated carbocycles. The number of nitrogens with zero attached hydrogens (tertiary/aromatic N) is 3. The second-order valence-electron chi connectivity index (χ2n) is 6.27. The lowest BCUT2D eigenvalue weighted by Gasteiger charge is -2.21. The molecule has 0 spiro atoms. The number of carbonyl (C=O) groups excluding carboxylic acids is 2. The lowest BCUT2D eigenvalue weighted by Crippen LogP contribution is -2.34. The molecular formula is C19H21N3O2. The number of hydrogen-bond acceptors (Lipinski definition) is 3. The molecule has 124 valence electrons. The normalized spacial score (nSPS) is 17.2. The van der Waals surface area contributed by atoms with Gasteiger partial charge in [-0.25, -0.2) is 0 Å². The van der Waals surface area contributed by atoms with Gasteiger partial charge in [-0.15, -0.1) is 0 Å². The molecule has 1 aromatic heterocycles. The third-order valence-electron chi connectivity index (χ3n) is 4.42. The second-order valence-corrected chi connectivity index (χ2v) is 6.27. The first kappa shape index (κ1) is 16.2. The van der Waals surface area contributed by atoms with Crippen LogP contribution in [0.15, 0.2) is 48.8 Å². The molecule has 5 heteroatoms. The minimum atomic E-state index is -0.298. The molecule has 1 fully saturated rings. The molecule has 5 nitrogen and oxygen atoms in total. The molecule has 1 aromatic carbocycles. The van der Waals surface area contributed by atoms with Crippen molar-refractivity contribution in [2.24, 2.45) is 5.92 Å². The molecule has 2 amide bonds. The van der Waals surface area contributed by atoms with Gasteiger partial charge in [-0.05, 0) is 24.6 Å². The number of benzene rings is 1. The Kier molecular flexibility index (Phi) is 4.60. The molecular weight excluding hydrogens is 302 g/mol. The first-order chi connectivity index (χ1) is 11.5. The van der Waals surface area contributed by atoms with Crippen LogP contribution in [0.2, 0.25) is 0 Å². The minimum Gasteiger partial charge on any atom is -0.338 e. The Morgan fingerprint density at radius 2 is 2.04 bits per heavy atom. The topological polar surface area (TPSA) is 53.5 Å². The van der Waals surface area contributed by atoms with Crippen LogP contribution in [0.25, 0.3) is 0 Å². The number of carbonyl (C=O) groups is 2. The summed E-state index contributed by atoms with van der Waals surface area (Å²) in [5.74, 6) is -0.301. The van der Waals surface area contributed by atoms with Crippen molar-refractivity contribution in [3.05, 3.63) is 59.9 Å². The molecule has 2 heterocycles. The van der Waals surface area contributed by atoms with Gasteiger partial charge in [-0.2, -0.15) is 0 Å². The van der Waals surface area contributed by atoms with E-state index in [9.17, 15) is 9.59 Å². The Labute approximate surface area is 141 Å². The fourth-order valence-electron chi connectivity index (χ4n) is 2.96. The van der Waals surface area contributed by atoms with Gasteiger partial charge in [0.2, 0.25) is 11.8 Å². The summed E-state index contributed by atoms with van der Waals surface area (Å²) in [7, 11) is 1.73. The van der Waals surface area contributed by atoms with E-state index in [0.717, 1.165) is 11.3 Å². The van der Waals surface area contributed by atoms with Crippen LogP contribution in [0.1, 0.15) is 17.5 Å². The van der Waals surface area contributed by atoms with Gasteiger partial charge in [-0.3, -0.25) is 14.6 Å². The quantitative estimate of drug-likeness (QED) is 0.868. The molecule has 1 aliphatic rings. The summed E-state index contributed by atoms with van der Waals surface area (Å²) >= 11 is 0. The number of anilines is 1. The monoisotopic (exact) mass is 323 g/mol. The van der Waals surface area contributed by atoms with Crippen LogP contribution in [-0.4, -0.2) is 35.3 Å². The van der Waals surface area contributed by atoms with Crippen molar-refractivity contribution in [2.75, 3.05) is 18.5 Å². The van der Waals surface area contributed by atoms with Crippen LogP contribution in [0.5, 0.6) is 0 Å². The van der Waals surface area contributed by atoms with E-state index in [1.54, 1.807) is 35.3 Å². The lowest BCUT2D eigenvalue weighted by atomic mass is 10.1. The highest BCUT2D eigenvalue weighted by Crippen LogP contribution is 2.24. The maximum absolute atomic E-state index is 12.7. The lowest BCUT2D eigenvalue weighted by molar-refractivity contribution is -0.128. The third kappa shape index (κ3) is 3.45. The van der Waals surface area contributed by atoms with E-state index in [4.69, 9.17) is 0 Å². The molecule has 2 aromatic rings. The molecule has 0 radical (unpaired) electrons. The molecule has 1 saturated heterocycles. The van der Waals surface area contributed by atoms with E-state index in [-0.39, 0.29) is 24.2 Å². The van der Waals surface area contributed by atoms with Gasteiger partial charge < -0.3 is 9.80 Å². The van der Waals surface area contributed by atoms with Crippen molar-refractivity contribution in [2.45, 2.75) is 19.9 Å². The van der Waals surface area contributed by atoms with Gasteiger partial charge in [-0.1, -0.05) is 29.8 Å². The maximum Gasteiger partial charge on any atom is 0.232 e. The van der Waals surface area contributed by atoms with Crippen LogP contribution in [-0.2, 0) is 16.1 Å². The Balaban J connectivity index is 1.65. The molecule has 3 rings (SSSR count). The molecule has 1 atom stereocenters. The Morgan fingerprint density at radius 1 is 1.29 bits per heavy atom. The molecule has 0 N–H and O–H groups in total. The highest BCUT2D eigenvalue weighted by molar-refractivity contribution is 5.98. The number of pyridine rings is 1. The largest absolute Gasteiger partial charge is 0.338 e. The predicted molar refractivity (Wildman–Crippen MR) is 92.4 cm³/mol. The zero-order valence-corrected chi connectivity index (χ0v) is 14.0. The molecule has 0 aliphatic carbocycles.